The maximum atomic E-state index is 12.3. The summed E-state index contributed by atoms with van der Waals surface area (Å²) in [5, 5.41) is 4.15. The summed E-state index contributed by atoms with van der Waals surface area (Å²) < 4.78 is 24.2. The van der Waals surface area contributed by atoms with Crippen LogP contribution in [0.25, 0.3) is 0 Å². The predicted molar refractivity (Wildman–Crippen MR) is 102 cm³/mol. The molecule has 0 aliphatic carbocycles. The molecular formula is C18H22ClFN2O3S. The molecule has 0 atom stereocenters. The van der Waals surface area contributed by atoms with E-state index in [1.807, 2.05) is 45.0 Å². The topological polar surface area (TPSA) is 53.4 Å². The highest BCUT2D eigenvalue weighted by atomic mass is 35.5. The lowest BCUT2D eigenvalue weighted by Gasteiger charge is -2.21. The van der Waals surface area contributed by atoms with Gasteiger partial charge in [-0.2, -0.15) is 8.98 Å². The molecule has 1 heterocycles. The molecule has 0 unspecified atom stereocenters. The zero-order chi connectivity index (χ0) is 19.2. The number of hydrogen-bond donors (Lipinski definition) is 0. The first-order valence-corrected chi connectivity index (χ1v) is 9.39. The van der Waals surface area contributed by atoms with Crippen molar-refractivity contribution in [3.05, 3.63) is 57.0 Å². The van der Waals surface area contributed by atoms with Gasteiger partial charge in [-0.25, -0.2) is 4.68 Å². The zero-order valence-electron chi connectivity index (χ0n) is 15.0. The van der Waals surface area contributed by atoms with Crippen LogP contribution in [0.4, 0.5) is 3.89 Å². The summed E-state index contributed by atoms with van der Waals surface area (Å²) in [6, 6.07) is 7.64. The monoisotopic (exact) mass is 400 g/mol. The number of hydrogen-bond acceptors (Lipinski definition) is 5. The summed E-state index contributed by atoms with van der Waals surface area (Å²) >= 11 is 6.40. The highest BCUT2D eigenvalue weighted by Gasteiger charge is 2.19. The van der Waals surface area contributed by atoms with Gasteiger partial charge in [0.1, 0.15) is 6.61 Å². The lowest BCUT2D eigenvalue weighted by molar-refractivity contribution is 0.136. The van der Waals surface area contributed by atoms with Gasteiger partial charge in [0.2, 0.25) is 0 Å². The Balaban J connectivity index is 1.97. The Morgan fingerprint density at radius 3 is 2.38 bits per heavy atom. The number of halogens is 2. The molecule has 1 aromatic carbocycles. The van der Waals surface area contributed by atoms with E-state index < -0.39 is 5.54 Å². The molecule has 0 spiro atoms. The first kappa shape index (κ1) is 20.7. The highest BCUT2D eigenvalue weighted by molar-refractivity contribution is 7.94. The largest absolute Gasteiger partial charge is 0.485 e. The fraction of sp³-hybridized carbons (Fsp3) is 0.444. The lowest BCUT2D eigenvalue weighted by Crippen LogP contribution is -2.36. The van der Waals surface area contributed by atoms with Crippen molar-refractivity contribution in [3.63, 3.8) is 0 Å². The third-order valence-electron chi connectivity index (χ3n) is 3.51. The van der Waals surface area contributed by atoms with E-state index in [9.17, 15) is 8.68 Å². The summed E-state index contributed by atoms with van der Waals surface area (Å²) in [6.45, 7) is 6.69. The molecule has 0 bridgehead atoms. The van der Waals surface area contributed by atoms with Gasteiger partial charge in [-0.1, -0.05) is 35.9 Å². The molecular weight excluding hydrogens is 379 g/mol. The van der Waals surface area contributed by atoms with E-state index in [0.717, 1.165) is 11.1 Å². The Morgan fingerprint density at radius 1 is 1.19 bits per heavy atom. The van der Waals surface area contributed by atoms with Crippen molar-refractivity contribution in [3.8, 4) is 5.75 Å². The number of nitrogens with zero attached hydrogens (tertiary/aromatic N) is 2. The van der Waals surface area contributed by atoms with E-state index in [-0.39, 0.29) is 35.1 Å². The van der Waals surface area contributed by atoms with Crippen molar-refractivity contribution in [2.45, 2.75) is 39.5 Å². The van der Waals surface area contributed by atoms with E-state index in [0.29, 0.717) is 19.0 Å². The molecule has 2 aromatic rings. The average Bonchev–Trinajstić information content (AvgIpc) is 2.60. The summed E-state index contributed by atoms with van der Waals surface area (Å²) in [4.78, 5) is 12.3. The predicted octanol–water partition coefficient (Wildman–Crippen LogP) is 4.37. The summed E-state index contributed by atoms with van der Waals surface area (Å²) in [7, 11) is 0. The second-order valence-corrected chi connectivity index (χ2v) is 7.69. The molecule has 26 heavy (non-hydrogen) atoms. The maximum absolute atomic E-state index is 12.3. The lowest BCUT2D eigenvalue weighted by atomic mass is 10.1. The second kappa shape index (κ2) is 9.39. The number of rotatable bonds is 8. The quantitative estimate of drug-likeness (QED) is 0.616. The van der Waals surface area contributed by atoms with Crippen LogP contribution in [-0.4, -0.2) is 22.1 Å². The molecule has 1 aromatic heterocycles. The Bertz CT molecular complexity index is 775. The molecule has 142 valence electrons. The van der Waals surface area contributed by atoms with Crippen LogP contribution in [0, 0.1) is 0 Å². The van der Waals surface area contributed by atoms with E-state index in [1.165, 1.54) is 10.9 Å². The minimum absolute atomic E-state index is 0.0191. The van der Waals surface area contributed by atoms with E-state index in [4.69, 9.17) is 21.1 Å². The van der Waals surface area contributed by atoms with Crippen LogP contribution < -0.4 is 10.3 Å². The molecule has 8 heteroatoms. The van der Waals surface area contributed by atoms with Crippen LogP contribution in [0.15, 0.2) is 35.3 Å². The van der Waals surface area contributed by atoms with Crippen molar-refractivity contribution in [1.29, 1.82) is 0 Å². The molecule has 0 aliphatic heterocycles. The normalized spacial score (nSPS) is 11.6. The van der Waals surface area contributed by atoms with Crippen LogP contribution in [-0.2, 0) is 23.5 Å². The van der Waals surface area contributed by atoms with Crippen LogP contribution >= 0.6 is 23.7 Å². The SMILES string of the molecule is CC(C)(C)n1ncc(OCc2ccc(COCCSF)cc2)c(Cl)c1=O. The van der Waals surface area contributed by atoms with Gasteiger partial charge in [-0.15, -0.1) is 0 Å². The summed E-state index contributed by atoms with van der Waals surface area (Å²) in [5.41, 5.74) is 1.07. The van der Waals surface area contributed by atoms with E-state index in [2.05, 4.69) is 5.10 Å². The van der Waals surface area contributed by atoms with Crippen LogP contribution in [0.1, 0.15) is 31.9 Å². The third kappa shape index (κ3) is 5.72. The van der Waals surface area contributed by atoms with Gasteiger partial charge in [0.25, 0.3) is 5.56 Å². The first-order valence-electron chi connectivity index (χ1n) is 8.13. The zero-order valence-corrected chi connectivity index (χ0v) is 16.6. The molecule has 0 saturated heterocycles. The molecule has 0 N–H and O–H groups in total. The third-order valence-corrected chi connectivity index (χ3v) is 4.18. The first-order chi connectivity index (χ1) is 12.3. The van der Waals surface area contributed by atoms with Gasteiger partial charge in [0.05, 0.1) is 24.9 Å². The van der Waals surface area contributed by atoms with Crippen molar-refractivity contribution in [1.82, 2.24) is 9.78 Å². The average molecular weight is 401 g/mol. The molecule has 5 nitrogen and oxygen atoms in total. The molecule has 0 fully saturated rings. The van der Waals surface area contributed by atoms with Crippen LogP contribution in [0.3, 0.4) is 0 Å². The summed E-state index contributed by atoms with van der Waals surface area (Å²) in [5.74, 6) is 0.586. The smallest absolute Gasteiger partial charge is 0.289 e. The Kier molecular flexibility index (Phi) is 7.49. The molecule has 2 rings (SSSR count). The standard InChI is InChI=1S/C18H22ClFN2O3S/c1-18(2,3)22-17(23)16(19)15(10-21-22)25-12-14-6-4-13(5-7-14)11-24-8-9-26-20/h4-7,10H,8-9,11-12H2,1-3H3. The Hall–Kier alpha value is -1.57. The van der Waals surface area contributed by atoms with Crippen molar-refractivity contribution < 1.29 is 13.4 Å². The molecule has 0 amide bonds. The fourth-order valence-corrected chi connectivity index (χ4v) is 2.53. The highest BCUT2D eigenvalue weighted by Crippen LogP contribution is 2.22. The van der Waals surface area contributed by atoms with Gasteiger partial charge in [-0.05, 0) is 31.9 Å². The van der Waals surface area contributed by atoms with Gasteiger partial charge in [0.15, 0.2) is 10.8 Å². The summed E-state index contributed by atoms with van der Waals surface area (Å²) in [6.07, 6.45) is 1.46. The van der Waals surface area contributed by atoms with Gasteiger partial charge in [0, 0.05) is 17.9 Å². The van der Waals surface area contributed by atoms with Gasteiger partial charge >= 0.3 is 0 Å². The minimum atomic E-state index is -0.458. The van der Waals surface area contributed by atoms with Crippen molar-refractivity contribution >= 4 is 23.7 Å². The number of benzene rings is 1. The van der Waals surface area contributed by atoms with Crippen LogP contribution in [0.2, 0.25) is 5.02 Å². The van der Waals surface area contributed by atoms with E-state index in [1.54, 1.807) is 0 Å². The maximum Gasteiger partial charge on any atom is 0.289 e. The second-order valence-electron chi connectivity index (χ2n) is 6.68. The Labute approximate surface area is 161 Å². The fourth-order valence-electron chi connectivity index (χ4n) is 2.17. The van der Waals surface area contributed by atoms with Crippen LogP contribution in [0.5, 0.6) is 5.75 Å². The van der Waals surface area contributed by atoms with Crippen molar-refractivity contribution in [2.24, 2.45) is 0 Å². The van der Waals surface area contributed by atoms with Gasteiger partial charge in [-0.3, -0.25) is 4.79 Å². The molecule has 0 aliphatic rings. The molecule has 0 saturated carbocycles. The molecule has 0 radical (unpaired) electrons. The number of aromatic nitrogens is 2. The minimum Gasteiger partial charge on any atom is -0.485 e. The number of ether oxygens (including phenoxy) is 2. The Morgan fingerprint density at radius 2 is 1.81 bits per heavy atom. The van der Waals surface area contributed by atoms with E-state index >= 15 is 0 Å². The van der Waals surface area contributed by atoms with Gasteiger partial charge < -0.3 is 9.47 Å². The van der Waals surface area contributed by atoms with Crippen molar-refractivity contribution in [2.75, 3.05) is 12.4 Å².